The van der Waals surface area contributed by atoms with Gasteiger partial charge in [0.1, 0.15) is 0 Å². The van der Waals surface area contributed by atoms with Crippen LogP contribution in [0.25, 0.3) is 10.9 Å². The van der Waals surface area contributed by atoms with Crippen LogP contribution in [0.1, 0.15) is 18.4 Å². The maximum Gasteiger partial charge on any atom is 0.303 e. The smallest absolute Gasteiger partial charge is 0.303 e. The third-order valence-corrected chi connectivity index (χ3v) is 6.01. The van der Waals surface area contributed by atoms with Gasteiger partial charge in [-0.05, 0) is 24.5 Å². The molecule has 0 fully saturated rings. The van der Waals surface area contributed by atoms with Gasteiger partial charge in [-0.3, -0.25) is 9.36 Å². The quantitative estimate of drug-likeness (QED) is 0.677. The predicted molar refractivity (Wildman–Crippen MR) is 86.2 cm³/mol. The van der Waals surface area contributed by atoms with E-state index in [0.717, 1.165) is 16.5 Å². The summed E-state index contributed by atoms with van der Waals surface area (Å²) in [5.74, 6) is -2.00. The number of carbonyl (C=O) groups is 1. The maximum atomic E-state index is 12.3. The molecule has 0 aliphatic carbocycles. The van der Waals surface area contributed by atoms with Crippen molar-refractivity contribution in [2.45, 2.75) is 25.0 Å². The Morgan fingerprint density at radius 3 is 2.77 bits per heavy atom. The molecular formula is C15H21N2O4P. The molecular weight excluding hydrogens is 303 g/mol. The van der Waals surface area contributed by atoms with Crippen LogP contribution in [0.5, 0.6) is 0 Å². The van der Waals surface area contributed by atoms with E-state index >= 15 is 0 Å². The van der Waals surface area contributed by atoms with Gasteiger partial charge in [0.05, 0.1) is 5.78 Å². The molecule has 0 aliphatic heterocycles. The molecule has 0 bridgehead atoms. The monoisotopic (exact) mass is 324 g/mol. The molecule has 1 aromatic carbocycles. The minimum atomic E-state index is -3.57. The Kier molecular flexibility index (Phi) is 5.06. The lowest BCUT2D eigenvalue weighted by atomic mass is 10.1. The normalized spacial score (nSPS) is 15.6. The van der Waals surface area contributed by atoms with Crippen LogP contribution in [-0.2, 0) is 22.8 Å². The van der Waals surface area contributed by atoms with Gasteiger partial charge < -0.3 is 20.3 Å². The van der Waals surface area contributed by atoms with Crippen molar-refractivity contribution in [3.8, 4) is 0 Å². The number of carboxylic acid groups (broad SMARTS) is 1. The fraction of sp³-hybridized carbons (Fsp3) is 0.400. The number of carboxylic acids is 1. The second-order valence-corrected chi connectivity index (χ2v) is 8.13. The average molecular weight is 324 g/mol. The molecule has 0 saturated carbocycles. The lowest BCUT2D eigenvalue weighted by Gasteiger charge is -2.18. The van der Waals surface area contributed by atoms with Crippen molar-refractivity contribution in [1.82, 2.24) is 4.57 Å². The molecule has 7 heteroatoms. The number of fused-ring (bicyclic) bond motifs is 1. The van der Waals surface area contributed by atoms with E-state index in [0.29, 0.717) is 6.42 Å². The van der Waals surface area contributed by atoms with Gasteiger partial charge in [0, 0.05) is 36.7 Å². The number of nitrogens with two attached hydrogens (primary N) is 1. The van der Waals surface area contributed by atoms with Crippen LogP contribution in [0, 0.1) is 0 Å². The number of aliphatic carboxylic acids is 1. The average Bonchev–Trinajstić information content (AvgIpc) is 2.80. The molecule has 6 nitrogen and oxygen atoms in total. The molecule has 4 N–H and O–H groups in total. The first-order chi connectivity index (χ1) is 10.3. The molecule has 0 amide bonds. The fourth-order valence-corrected chi connectivity index (χ4v) is 3.97. The first-order valence-electron chi connectivity index (χ1n) is 7.13. The van der Waals surface area contributed by atoms with Crippen LogP contribution in [-0.4, -0.2) is 32.5 Å². The molecule has 2 unspecified atom stereocenters. The molecule has 0 spiro atoms. The second kappa shape index (κ2) is 6.65. The van der Waals surface area contributed by atoms with E-state index in [1.54, 1.807) is 0 Å². The zero-order valence-corrected chi connectivity index (χ0v) is 13.4. The highest BCUT2D eigenvalue weighted by atomic mass is 31.2. The van der Waals surface area contributed by atoms with Gasteiger partial charge in [-0.25, -0.2) is 0 Å². The number of aryl methyl sites for hydroxylation is 2. The number of nitrogens with zero attached hydrogens (tertiary/aromatic N) is 1. The van der Waals surface area contributed by atoms with Gasteiger partial charge in [-0.1, -0.05) is 18.2 Å². The van der Waals surface area contributed by atoms with Crippen LogP contribution < -0.4 is 5.73 Å². The molecule has 22 heavy (non-hydrogen) atoms. The van der Waals surface area contributed by atoms with Gasteiger partial charge in [0.2, 0.25) is 7.37 Å². The second-order valence-electron chi connectivity index (χ2n) is 5.51. The van der Waals surface area contributed by atoms with Crippen LogP contribution in [0.2, 0.25) is 0 Å². The van der Waals surface area contributed by atoms with E-state index in [2.05, 4.69) is 0 Å². The van der Waals surface area contributed by atoms with E-state index < -0.39 is 19.1 Å². The zero-order chi connectivity index (χ0) is 16.3. The summed E-state index contributed by atoms with van der Waals surface area (Å²) in [6, 6.07) is 7.86. The van der Waals surface area contributed by atoms with E-state index in [1.165, 1.54) is 0 Å². The minimum Gasteiger partial charge on any atom is -0.481 e. The summed E-state index contributed by atoms with van der Waals surface area (Å²) in [5, 5.41) is 9.69. The Morgan fingerprint density at radius 2 is 2.09 bits per heavy atom. The number of aromatic nitrogens is 1. The fourth-order valence-electron chi connectivity index (χ4n) is 2.54. The predicted octanol–water partition coefficient (Wildman–Crippen LogP) is 2.14. The molecule has 0 saturated heterocycles. The molecule has 1 heterocycles. The van der Waals surface area contributed by atoms with Crippen LogP contribution in [0.4, 0.5) is 0 Å². The van der Waals surface area contributed by atoms with Gasteiger partial charge in [0.25, 0.3) is 0 Å². The Morgan fingerprint density at radius 1 is 1.41 bits per heavy atom. The van der Waals surface area contributed by atoms with Gasteiger partial charge in [-0.2, -0.15) is 0 Å². The van der Waals surface area contributed by atoms with Crippen molar-refractivity contribution < 1.29 is 19.4 Å². The van der Waals surface area contributed by atoms with Gasteiger partial charge >= 0.3 is 5.97 Å². The summed E-state index contributed by atoms with van der Waals surface area (Å²) < 4.78 is 14.3. The summed E-state index contributed by atoms with van der Waals surface area (Å²) in [5.41, 5.74) is 7.77. The Hall–Kier alpha value is -1.62. The first-order valence-corrected chi connectivity index (χ1v) is 9.04. The van der Waals surface area contributed by atoms with Crippen molar-refractivity contribution in [2.75, 3.05) is 6.16 Å². The summed E-state index contributed by atoms with van der Waals surface area (Å²) in [7, 11) is -1.64. The van der Waals surface area contributed by atoms with Crippen LogP contribution in [0.3, 0.4) is 0 Å². The van der Waals surface area contributed by atoms with E-state index in [1.807, 2.05) is 42.1 Å². The summed E-state index contributed by atoms with van der Waals surface area (Å²) in [6.45, 7) is 0. The third-order valence-electron chi connectivity index (χ3n) is 3.85. The molecule has 0 aliphatic rings. The highest BCUT2D eigenvalue weighted by Gasteiger charge is 2.28. The number of rotatable bonds is 7. The zero-order valence-electron chi connectivity index (χ0n) is 12.5. The summed E-state index contributed by atoms with van der Waals surface area (Å²) >= 11 is 0. The SMILES string of the molecule is Cn1cc(CCP(=O)(O)C(N)CCC(=O)O)c2ccccc21. The number of para-hydroxylation sites is 1. The lowest BCUT2D eigenvalue weighted by molar-refractivity contribution is -0.137. The van der Waals surface area contributed by atoms with Crippen LogP contribution in [0.15, 0.2) is 30.5 Å². The summed E-state index contributed by atoms with van der Waals surface area (Å²) in [4.78, 5) is 20.6. The van der Waals surface area contributed by atoms with E-state index in [4.69, 9.17) is 10.8 Å². The van der Waals surface area contributed by atoms with Crippen molar-refractivity contribution in [2.24, 2.45) is 12.8 Å². The minimum absolute atomic E-state index is 0.0125. The maximum absolute atomic E-state index is 12.3. The highest BCUT2D eigenvalue weighted by molar-refractivity contribution is 7.58. The van der Waals surface area contributed by atoms with Gasteiger partial charge in [-0.15, -0.1) is 0 Å². The molecule has 2 rings (SSSR count). The first kappa shape index (κ1) is 16.7. The number of hydrogen-bond donors (Lipinski definition) is 3. The molecule has 120 valence electrons. The lowest BCUT2D eigenvalue weighted by Crippen LogP contribution is -2.23. The Labute approximate surface area is 129 Å². The third kappa shape index (κ3) is 3.77. The van der Waals surface area contributed by atoms with E-state index in [9.17, 15) is 14.3 Å². The number of hydrogen-bond acceptors (Lipinski definition) is 3. The highest BCUT2D eigenvalue weighted by Crippen LogP contribution is 2.46. The van der Waals surface area contributed by atoms with Gasteiger partial charge in [0.15, 0.2) is 0 Å². The largest absolute Gasteiger partial charge is 0.481 e. The van der Waals surface area contributed by atoms with E-state index in [-0.39, 0.29) is 19.0 Å². The molecule has 2 aromatic rings. The standard InChI is InChI=1S/C15H21N2O4P/c1-17-10-11(12-4-2-3-5-13(12)17)8-9-22(20,21)14(16)6-7-15(18)19/h2-5,10,14H,6-9,16H2,1H3,(H,18,19)(H,20,21). The Bertz CT molecular complexity index is 725. The topological polar surface area (TPSA) is 106 Å². The molecule has 0 radical (unpaired) electrons. The summed E-state index contributed by atoms with van der Waals surface area (Å²) in [6.07, 6.45) is 2.27. The number of benzene rings is 1. The van der Waals surface area contributed by atoms with Crippen molar-refractivity contribution in [1.29, 1.82) is 0 Å². The van der Waals surface area contributed by atoms with Crippen molar-refractivity contribution in [3.63, 3.8) is 0 Å². The molecule has 1 aromatic heterocycles. The van der Waals surface area contributed by atoms with Crippen molar-refractivity contribution >= 4 is 24.2 Å². The van der Waals surface area contributed by atoms with Crippen molar-refractivity contribution in [3.05, 3.63) is 36.0 Å². The molecule has 2 atom stereocenters. The van der Waals surface area contributed by atoms with Crippen LogP contribution >= 0.6 is 7.37 Å². The Balaban J connectivity index is 2.07.